The Morgan fingerprint density at radius 3 is 2.80 bits per heavy atom. The van der Waals surface area contributed by atoms with Crippen molar-refractivity contribution in [3.8, 4) is 21.8 Å². The van der Waals surface area contributed by atoms with Crippen molar-refractivity contribution in [2.45, 2.75) is 6.92 Å². The van der Waals surface area contributed by atoms with Crippen LogP contribution in [0.15, 0.2) is 30.0 Å². The molecule has 100 valence electrons. The molecule has 0 radical (unpaired) electrons. The van der Waals surface area contributed by atoms with Gasteiger partial charge in [0.1, 0.15) is 22.5 Å². The lowest BCUT2D eigenvalue weighted by Gasteiger charge is -2.01. The maximum absolute atomic E-state index is 13.2. The molecular weight excluding hydrogens is 277 g/mol. The zero-order valence-corrected chi connectivity index (χ0v) is 11.4. The fourth-order valence-corrected chi connectivity index (χ4v) is 2.58. The summed E-state index contributed by atoms with van der Waals surface area (Å²) < 4.78 is 13.2. The first-order valence-corrected chi connectivity index (χ1v) is 6.67. The number of pyridine rings is 1. The van der Waals surface area contributed by atoms with Crippen LogP contribution in [0.4, 0.5) is 10.2 Å². The molecule has 0 saturated carbocycles. The summed E-state index contributed by atoms with van der Waals surface area (Å²) in [5, 5.41) is 2.52. The molecule has 0 atom stereocenters. The van der Waals surface area contributed by atoms with Gasteiger partial charge in [-0.25, -0.2) is 19.3 Å². The lowest BCUT2D eigenvalue weighted by molar-refractivity contribution is 0.622. The molecular formula is C13H10FN5S. The molecule has 0 spiro atoms. The lowest BCUT2D eigenvalue weighted by Crippen LogP contribution is -1.98. The highest BCUT2D eigenvalue weighted by Gasteiger charge is 2.11. The molecule has 0 bridgehead atoms. The molecule has 3 aromatic rings. The number of hydrogen-bond acceptors (Lipinski definition) is 6. The van der Waals surface area contributed by atoms with Crippen molar-refractivity contribution in [1.82, 2.24) is 19.9 Å². The Balaban J connectivity index is 2.02. The van der Waals surface area contributed by atoms with Crippen molar-refractivity contribution in [1.29, 1.82) is 0 Å². The van der Waals surface area contributed by atoms with Gasteiger partial charge in [0.2, 0.25) is 0 Å². The van der Waals surface area contributed by atoms with E-state index >= 15 is 0 Å². The van der Waals surface area contributed by atoms with Crippen molar-refractivity contribution >= 4 is 17.2 Å². The van der Waals surface area contributed by atoms with Crippen molar-refractivity contribution in [2.75, 3.05) is 5.73 Å². The molecule has 0 aliphatic carbocycles. The third-order valence-corrected chi connectivity index (χ3v) is 3.55. The second-order valence-electron chi connectivity index (χ2n) is 4.15. The maximum atomic E-state index is 13.2. The Kier molecular flexibility index (Phi) is 3.11. The van der Waals surface area contributed by atoms with E-state index in [1.807, 2.05) is 5.38 Å². The molecule has 0 fully saturated rings. The van der Waals surface area contributed by atoms with Crippen LogP contribution < -0.4 is 5.73 Å². The van der Waals surface area contributed by atoms with Crippen molar-refractivity contribution < 1.29 is 4.39 Å². The van der Waals surface area contributed by atoms with Gasteiger partial charge in [0.15, 0.2) is 0 Å². The molecule has 0 saturated heterocycles. The van der Waals surface area contributed by atoms with Gasteiger partial charge in [-0.05, 0) is 13.0 Å². The zero-order chi connectivity index (χ0) is 14.1. The largest absolute Gasteiger partial charge is 0.383 e. The van der Waals surface area contributed by atoms with Gasteiger partial charge in [-0.1, -0.05) is 0 Å². The topological polar surface area (TPSA) is 77.6 Å². The quantitative estimate of drug-likeness (QED) is 0.784. The summed E-state index contributed by atoms with van der Waals surface area (Å²) in [5.74, 6) is 0.600. The van der Waals surface area contributed by atoms with Crippen LogP contribution in [0.2, 0.25) is 0 Å². The van der Waals surface area contributed by atoms with Gasteiger partial charge in [0.25, 0.3) is 0 Å². The van der Waals surface area contributed by atoms with E-state index < -0.39 is 5.82 Å². The Hall–Kier alpha value is -2.41. The summed E-state index contributed by atoms with van der Waals surface area (Å²) in [6, 6.07) is 1.39. The molecule has 3 rings (SSSR count). The van der Waals surface area contributed by atoms with Crippen molar-refractivity contribution in [3.05, 3.63) is 41.7 Å². The molecule has 2 N–H and O–H groups in total. The molecule has 5 nitrogen and oxygen atoms in total. The molecule has 0 aliphatic rings. The highest BCUT2D eigenvalue weighted by atomic mass is 32.1. The average molecular weight is 287 g/mol. The number of aromatic nitrogens is 4. The second-order valence-corrected chi connectivity index (χ2v) is 5.00. The van der Waals surface area contributed by atoms with Crippen LogP contribution in [0.3, 0.4) is 0 Å². The van der Waals surface area contributed by atoms with E-state index in [1.54, 1.807) is 19.3 Å². The van der Waals surface area contributed by atoms with Gasteiger partial charge in [-0.2, -0.15) is 0 Å². The molecule has 20 heavy (non-hydrogen) atoms. The van der Waals surface area contributed by atoms with E-state index in [1.165, 1.54) is 17.4 Å². The summed E-state index contributed by atoms with van der Waals surface area (Å²) in [7, 11) is 0. The summed E-state index contributed by atoms with van der Waals surface area (Å²) in [6.07, 6.45) is 4.36. The number of anilines is 1. The number of rotatable bonds is 2. The standard InChI is InChI=1S/C13H10FN5S/c1-7-17-5-10(12(15)18-7)13-19-11(6-20-13)8-2-9(14)4-16-3-8/h2-6H,1H3,(H2,15,17,18). The van der Waals surface area contributed by atoms with Crippen LogP contribution in [0.25, 0.3) is 21.8 Å². The van der Waals surface area contributed by atoms with Crippen molar-refractivity contribution in [3.63, 3.8) is 0 Å². The number of nitrogens with zero attached hydrogens (tertiary/aromatic N) is 4. The van der Waals surface area contributed by atoms with Crippen LogP contribution in [-0.4, -0.2) is 19.9 Å². The second kappa shape index (κ2) is 4.93. The summed E-state index contributed by atoms with van der Waals surface area (Å²) in [4.78, 5) is 16.5. The first-order valence-electron chi connectivity index (χ1n) is 5.79. The minimum Gasteiger partial charge on any atom is -0.383 e. The van der Waals surface area contributed by atoms with Gasteiger partial charge in [-0.3, -0.25) is 4.98 Å². The number of nitrogen functional groups attached to an aromatic ring is 1. The van der Waals surface area contributed by atoms with Gasteiger partial charge in [0, 0.05) is 23.3 Å². The van der Waals surface area contributed by atoms with Gasteiger partial charge < -0.3 is 5.73 Å². The highest BCUT2D eigenvalue weighted by Crippen LogP contribution is 2.30. The summed E-state index contributed by atoms with van der Waals surface area (Å²) in [5.41, 5.74) is 7.82. The normalized spacial score (nSPS) is 10.7. The molecule has 3 heterocycles. The van der Waals surface area contributed by atoms with E-state index in [0.29, 0.717) is 33.5 Å². The van der Waals surface area contributed by atoms with Crippen LogP contribution in [-0.2, 0) is 0 Å². The number of aryl methyl sites for hydroxylation is 1. The monoisotopic (exact) mass is 287 g/mol. The van der Waals surface area contributed by atoms with E-state index in [2.05, 4.69) is 19.9 Å². The van der Waals surface area contributed by atoms with Crippen LogP contribution in [0.1, 0.15) is 5.82 Å². The van der Waals surface area contributed by atoms with Gasteiger partial charge >= 0.3 is 0 Å². The number of thiazole rings is 1. The minimum absolute atomic E-state index is 0.385. The Bertz CT molecular complexity index is 771. The predicted molar refractivity (Wildman–Crippen MR) is 75.5 cm³/mol. The van der Waals surface area contributed by atoms with Gasteiger partial charge in [-0.15, -0.1) is 11.3 Å². The maximum Gasteiger partial charge on any atom is 0.142 e. The van der Waals surface area contributed by atoms with E-state index in [0.717, 1.165) is 6.20 Å². The van der Waals surface area contributed by atoms with Crippen molar-refractivity contribution in [2.24, 2.45) is 0 Å². The minimum atomic E-state index is -0.393. The Labute approximate surface area is 118 Å². The molecule has 0 aromatic carbocycles. The highest BCUT2D eigenvalue weighted by molar-refractivity contribution is 7.13. The molecule has 7 heteroatoms. The molecule has 0 aliphatic heterocycles. The zero-order valence-electron chi connectivity index (χ0n) is 10.5. The molecule has 3 aromatic heterocycles. The summed E-state index contributed by atoms with van der Waals surface area (Å²) in [6.45, 7) is 1.77. The number of halogens is 1. The molecule has 0 unspecified atom stereocenters. The first-order chi connectivity index (χ1) is 9.63. The summed E-state index contributed by atoms with van der Waals surface area (Å²) >= 11 is 1.40. The lowest BCUT2D eigenvalue weighted by atomic mass is 10.2. The smallest absolute Gasteiger partial charge is 0.142 e. The Morgan fingerprint density at radius 1 is 1.20 bits per heavy atom. The third kappa shape index (κ3) is 2.35. The van der Waals surface area contributed by atoms with Crippen LogP contribution in [0, 0.1) is 12.7 Å². The predicted octanol–water partition coefficient (Wildman–Crippen LogP) is 2.69. The fourth-order valence-electron chi connectivity index (χ4n) is 1.73. The van der Waals surface area contributed by atoms with E-state index in [4.69, 9.17) is 5.73 Å². The Morgan fingerprint density at radius 2 is 2.05 bits per heavy atom. The first kappa shape index (κ1) is 12.6. The molecule has 0 amide bonds. The number of hydrogen-bond donors (Lipinski definition) is 1. The van der Waals surface area contributed by atoms with E-state index in [9.17, 15) is 4.39 Å². The van der Waals surface area contributed by atoms with Crippen LogP contribution in [0.5, 0.6) is 0 Å². The average Bonchev–Trinajstić information content (AvgIpc) is 2.88. The third-order valence-electron chi connectivity index (χ3n) is 2.67. The number of nitrogens with two attached hydrogens (primary N) is 1. The van der Waals surface area contributed by atoms with Crippen LogP contribution >= 0.6 is 11.3 Å². The SMILES string of the molecule is Cc1ncc(-c2nc(-c3cncc(F)c3)cs2)c(N)n1. The fraction of sp³-hybridized carbons (Fsp3) is 0.0769. The van der Waals surface area contributed by atoms with E-state index in [-0.39, 0.29) is 0 Å². The van der Waals surface area contributed by atoms with Gasteiger partial charge in [0.05, 0.1) is 17.5 Å².